The van der Waals surface area contributed by atoms with Gasteiger partial charge >= 0.3 is 11.6 Å². The van der Waals surface area contributed by atoms with Crippen molar-refractivity contribution in [3.05, 3.63) is 75.6 Å². The molecule has 0 aliphatic rings. The largest absolute Gasteiger partial charge is 0.488 e. The second-order valence-corrected chi connectivity index (χ2v) is 12.1. The van der Waals surface area contributed by atoms with Crippen LogP contribution in [0.3, 0.4) is 0 Å². The number of carbonyl (C=O) groups is 1. The number of rotatable bonds is 11. The van der Waals surface area contributed by atoms with E-state index in [-0.39, 0.29) is 16.9 Å². The van der Waals surface area contributed by atoms with Crippen molar-refractivity contribution in [3.8, 4) is 5.75 Å². The molecule has 0 unspecified atom stereocenters. The van der Waals surface area contributed by atoms with Gasteiger partial charge in [-0.15, -0.1) is 23.5 Å². The monoisotopic (exact) mass is 529 g/mol. The van der Waals surface area contributed by atoms with Crippen molar-refractivity contribution < 1.29 is 23.5 Å². The molecule has 0 N–H and O–H groups in total. The van der Waals surface area contributed by atoms with Crippen molar-refractivity contribution >= 4 is 46.2 Å². The van der Waals surface area contributed by atoms with Crippen LogP contribution in [0, 0.1) is 0 Å². The Bertz CT molecular complexity index is 1270. The van der Waals surface area contributed by atoms with E-state index in [1.54, 1.807) is 41.7 Å². The SMILES string of the molecule is CO/N=C(/C(=O)OC)c1ccccc1COc1ccc2ccc(=O)oc2c1C(SC(C)C)SC(C)C. The third-order valence-corrected chi connectivity index (χ3v) is 7.75. The van der Waals surface area contributed by atoms with Gasteiger partial charge in [0.05, 0.1) is 17.3 Å². The van der Waals surface area contributed by atoms with Crippen LogP contribution in [0.15, 0.2) is 62.9 Å². The fourth-order valence-electron chi connectivity index (χ4n) is 3.56. The number of oxime groups is 1. The summed E-state index contributed by atoms with van der Waals surface area (Å²) in [7, 11) is 2.66. The molecule has 0 aliphatic heterocycles. The predicted molar refractivity (Wildman–Crippen MR) is 147 cm³/mol. The molecule has 0 fully saturated rings. The van der Waals surface area contributed by atoms with Gasteiger partial charge in [0.15, 0.2) is 5.71 Å². The average molecular weight is 530 g/mol. The van der Waals surface area contributed by atoms with E-state index >= 15 is 0 Å². The molecule has 2 aromatic carbocycles. The van der Waals surface area contributed by atoms with Gasteiger partial charge in [0.2, 0.25) is 0 Å². The number of nitrogens with zero attached hydrogens (tertiary/aromatic N) is 1. The van der Waals surface area contributed by atoms with Gasteiger partial charge in [0, 0.05) is 27.5 Å². The number of thioether (sulfide) groups is 2. The number of hydrogen-bond acceptors (Lipinski definition) is 9. The second kappa shape index (κ2) is 12.9. The molecule has 3 aromatic rings. The lowest BCUT2D eigenvalue weighted by Crippen LogP contribution is -2.20. The molecule has 192 valence electrons. The summed E-state index contributed by atoms with van der Waals surface area (Å²) in [6.07, 6.45) is 0. The molecule has 3 rings (SSSR count). The zero-order valence-corrected chi connectivity index (χ0v) is 22.9. The summed E-state index contributed by atoms with van der Waals surface area (Å²) in [5.41, 5.74) is 2.27. The molecule has 0 aliphatic carbocycles. The van der Waals surface area contributed by atoms with Gasteiger partial charge in [-0.2, -0.15) is 0 Å². The highest BCUT2D eigenvalue weighted by atomic mass is 32.2. The first kappa shape index (κ1) is 27.7. The first-order valence-corrected chi connectivity index (χ1v) is 13.4. The zero-order chi connectivity index (χ0) is 26.2. The normalized spacial score (nSPS) is 12.0. The molecule has 36 heavy (non-hydrogen) atoms. The number of carbonyl (C=O) groups excluding carboxylic acids is 1. The van der Waals surface area contributed by atoms with E-state index in [9.17, 15) is 9.59 Å². The highest BCUT2D eigenvalue weighted by Gasteiger charge is 2.26. The van der Waals surface area contributed by atoms with Crippen molar-refractivity contribution in [2.45, 2.75) is 49.4 Å². The number of fused-ring (bicyclic) bond motifs is 1. The number of methoxy groups -OCH3 is 1. The lowest BCUT2D eigenvalue weighted by molar-refractivity contribution is -0.132. The third-order valence-electron chi connectivity index (χ3n) is 5.03. The summed E-state index contributed by atoms with van der Waals surface area (Å²) in [6, 6.07) is 14.3. The van der Waals surface area contributed by atoms with Gasteiger partial charge < -0.3 is 18.7 Å². The Hall–Kier alpha value is -2.91. The van der Waals surface area contributed by atoms with Crippen molar-refractivity contribution in [1.29, 1.82) is 0 Å². The van der Waals surface area contributed by atoms with Crippen LogP contribution in [0.2, 0.25) is 0 Å². The molecule has 0 atom stereocenters. The van der Waals surface area contributed by atoms with Gasteiger partial charge in [-0.05, 0) is 23.8 Å². The van der Waals surface area contributed by atoms with Crippen LogP contribution in [0.25, 0.3) is 11.0 Å². The van der Waals surface area contributed by atoms with Crippen LogP contribution in [0.5, 0.6) is 5.75 Å². The summed E-state index contributed by atoms with van der Waals surface area (Å²) in [5, 5.41) is 5.38. The minimum atomic E-state index is -0.612. The van der Waals surface area contributed by atoms with Crippen molar-refractivity contribution in [3.63, 3.8) is 0 Å². The maximum Gasteiger partial charge on any atom is 0.360 e. The first-order chi connectivity index (χ1) is 17.2. The maximum atomic E-state index is 12.3. The quantitative estimate of drug-likeness (QED) is 0.0957. The van der Waals surface area contributed by atoms with Gasteiger partial charge in [0.1, 0.15) is 25.0 Å². The van der Waals surface area contributed by atoms with Gasteiger partial charge in [-0.1, -0.05) is 57.1 Å². The standard InChI is InChI=1S/C27H31NO6S2/c1-16(2)35-27(36-17(3)4)23-21(13-11-18-12-14-22(29)34-25(18)23)33-15-19-9-7-8-10-20(19)24(28-32-6)26(30)31-5/h7-14,16-17,27H,15H2,1-6H3/b28-24+. The number of hydrogen-bond donors (Lipinski definition) is 0. The summed E-state index contributed by atoms with van der Waals surface area (Å²) in [5.74, 6) is 0.000418. The summed E-state index contributed by atoms with van der Waals surface area (Å²) >= 11 is 3.57. The van der Waals surface area contributed by atoms with E-state index in [1.807, 2.05) is 24.3 Å². The fourth-order valence-corrected chi connectivity index (χ4v) is 6.86. The Kier molecular flexibility index (Phi) is 9.89. The highest BCUT2D eigenvalue weighted by Crippen LogP contribution is 2.49. The fraction of sp³-hybridized carbons (Fsp3) is 0.370. The van der Waals surface area contributed by atoms with Gasteiger partial charge in [-0.25, -0.2) is 9.59 Å². The zero-order valence-electron chi connectivity index (χ0n) is 21.3. The maximum absolute atomic E-state index is 12.3. The molecule has 0 saturated carbocycles. The molecule has 0 radical (unpaired) electrons. The van der Waals surface area contributed by atoms with Crippen LogP contribution in [-0.4, -0.2) is 36.4 Å². The average Bonchev–Trinajstić information content (AvgIpc) is 2.84. The molecular weight excluding hydrogens is 498 g/mol. The Balaban J connectivity index is 2.09. The molecule has 7 nitrogen and oxygen atoms in total. The summed E-state index contributed by atoms with van der Waals surface area (Å²) < 4.78 is 16.9. The van der Waals surface area contributed by atoms with Crippen LogP contribution >= 0.6 is 23.5 Å². The van der Waals surface area contributed by atoms with Gasteiger partial charge in [0.25, 0.3) is 0 Å². The van der Waals surface area contributed by atoms with Crippen LogP contribution in [0.4, 0.5) is 0 Å². The third kappa shape index (κ3) is 6.85. The molecule has 0 spiro atoms. The molecule has 0 saturated heterocycles. The van der Waals surface area contributed by atoms with E-state index in [2.05, 4.69) is 32.9 Å². The minimum Gasteiger partial charge on any atom is -0.488 e. The Morgan fingerprint density at radius 3 is 2.28 bits per heavy atom. The van der Waals surface area contributed by atoms with Crippen molar-refractivity contribution in [2.24, 2.45) is 5.16 Å². The van der Waals surface area contributed by atoms with E-state index in [0.29, 0.717) is 27.4 Å². The van der Waals surface area contributed by atoms with Crippen LogP contribution < -0.4 is 10.4 Å². The Labute approximate surface area is 219 Å². The van der Waals surface area contributed by atoms with Crippen molar-refractivity contribution in [2.75, 3.05) is 14.2 Å². The van der Waals surface area contributed by atoms with Crippen LogP contribution in [0.1, 0.15) is 49.0 Å². The topological polar surface area (TPSA) is 87.3 Å². The highest BCUT2D eigenvalue weighted by molar-refractivity contribution is 8.16. The van der Waals surface area contributed by atoms with E-state index in [4.69, 9.17) is 18.7 Å². The summed E-state index contributed by atoms with van der Waals surface area (Å²) in [4.78, 5) is 29.4. The number of benzene rings is 2. The van der Waals surface area contributed by atoms with Gasteiger partial charge in [-0.3, -0.25) is 0 Å². The number of esters is 1. The molecule has 0 amide bonds. The lowest BCUT2D eigenvalue weighted by atomic mass is 10.0. The minimum absolute atomic E-state index is 0.0230. The number of ether oxygens (including phenoxy) is 2. The second-order valence-electron chi connectivity index (χ2n) is 8.41. The lowest BCUT2D eigenvalue weighted by Gasteiger charge is -2.24. The summed E-state index contributed by atoms with van der Waals surface area (Å²) in [6.45, 7) is 8.71. The molecule has 9 heteroatoms. The first-order valence-electron chi connectivity index (χ1n) is 11.5. The van der Waals surface area contributed by atoms with Crippen LogP contribution in [-0.2, 0) is 21.0 Å². The van der Waals surface area contributed by atoms with Crippen molar-refractivity contribution in [1.82, 2.24) is 0 Å². The molecule has 1 heterocycles. The van der Waals surface area contributed by atoms with E-state index in [1.165, 1.54) is 20.3 Å². The molecule has 1 aromatic heterocycles. The van der Waals surface area contributed by atoms with E-state index in [0.717, 1.165) is 16.5 Å². The molecular formula is C27H31NO6S2. The Morgan fingerprint density at radius 2 is 1.64 bits per heavy atom. The predicted octanol–water partition coefficient (Wildman–Crippen LogP) is 6.18. The molecule has 0 bridgehead atoms. The smallest absolute Gasteiger partial charge is 0.360 e. The Morgan fingerprint density at radius 1 is 0.972 bits per heavy atom. The van der Waals surface area contributed by atoms with E-state index < -0.39 is 11.6 Å².